The number of benzene rings is 4. The Kier molecular flexibility index (Phi) is 7.25. The van der Waals surface area contributed by atoms with Gasteiger partial charge in [0.1, 0.15) is 5.82 Å². The Balaban J connectivity index is 1.54. The van der Waals surface area contributed by atoms with Crippen LogP contribution >= 0.6 is 0 Å². The normalized spacial score (nSPS) is 11.6. The molecule has 0 saturated carbocycles. The van der Waals surface area contributed by atoms with Crippen molar-refractivity contribution >= 4 is 0 Å². The molecule has 0 aromatic heterocycles. The zero-order chi connectivity index (χ0) is 26.9. The molecule has 4 rings (SSSR count). The molecular formula is C28H18F8O. The number of hydrogen-bond acceptors (Lipinski definition) is 1. The maximum absolute atomic E-state index is 14.7. The third-order valence-electron chi connectivity index (χ3n) is 5.75. The second kappa shape index (κ2) is 10.2. The average molecular weight is 522 g/mol. The molecule has 192 valence electrons. The molecule has 0 spiro atoms. The van der Waals surface area contributed by atoms with Gasteiger partial charge < -0.3 is 4.74 Å². The molecule has 0 aliphatic rings. The summed E-state index contributed by atoms with van der Waals surface area (Å²) in [5.74, 6) is -11.4. The minimum Gasteiger partial charge on any atom is -0.426 e. The van der Waals surface area contributed by atoms with E-state index in [-0.39, 0.29) is 0 Å². The molecule has 0 bridgehead atoms. The van der Waals surface area contributed by atoms with E-state index in [1.54, 1.807) is 0 Å². The zero-order valence-corrected chi connectivity index (χ0v) is 19.2. The largest absolute Gasteiger partial charge is 0.429 e. The van der Waals surface area contributed by atoms with E-state index in [1.165, 1.54) is 6.07 Å². The molecule has 0 amide bonds. The molecule has 4 aromatic carbocycles. The molecule has 0 fully saturated rings. The Morgan fingerprint density at radius 1 is 0.622 bits per heavy atom. The number of alkyl halides is 2. The first kappa shape index (κ1) is 26.2. The van der Waals surface area contributed by atoms with Gasteiger partial charge in [-0.05, 0) is 72.9 Å². The van der Waals surface area contributed by atoms with E-state index in [4.69, 9.17) is 0 Å². The summed E-state index contributed by atoms with van der Waals surface area (Å²) < 4.78 is 118. The number of ether oxygens (including phenoxy) is 1. The van der Waals surface area contributed by atoms with Crippen LogP contribution < -0.4 is 4.74 Å². The fraction of sp³-hybridized carbons (Fsp3) is 0.143. The second-order valence-corrected chi connectivity index (χ2v) is 8.41. The first-order chi connectivity index (χ1) is 17.5. The summed E-state index contributed by atoms with van der Waals surface area (Å²) in [5.41, 5.74) is 0.00553. The van der Waals surface area contributed by atoms with Gasteiger partial charge >= 0.3 is 6.11 Å². The predicted molar refractivity (Wildman–Crippen MR) is 121 cm³/mol. The molecule has 0 saturated heterocycles. The second-order valence-electron chi connectivity index (χ2n) is 8.41. The van der Waals surface area contributed by atoms with E-state index in [0.717, 1.165) is 29.3 Å². The van der Waals surface area contributed by atoms with Crippen LogP contribution in [0.15, 0.2) is 66.7 Å². The zero-order valence-electron chi connectivity index (χ0n) is 19.2. The van der Waals surface area contributed by atoms with Gasteiger partial charge in [0.15, 0.2) is 29.0 Å². The third-order valence-corrected chi connectivity index (χ3v) is 5.75. The van der Waals surface area contributed by atoms with Crippen molar-refractivity contribution in [2.75, 3.05) is 0 Å². The quantitative estimate of drug-likeness (QED) is 0.175. The lowest BCUT2D eigenvalue weighted by Crippen LogP contribution is -2.24. The Labute approximate surface area is 207 Å². The van der Waals surface area contributed by atoms with Gasteiger partial charge in [-0.2, -0.15) is 13.2 Å². The lowest BCUT2D eigenvalue weighted by Gasteiger charge is -2.20. The van der Waals surface area contributed by atoms with E-state index < -0.39 is 63.5 Å². The number of hydrogen-bond donors (Lipinski definition) is 0. The Morgan fingerprint density at radius 3 is 1.84 bits per heavy atom. The van der Waals surface area contributed by atoms with Gasteiger partial charge in [0.05, 0.1) is 5.56 Å². The van der Waals surface area contributed by atoms with E-state index in [0.29, 0.717) is 36.6 Å². The van der Waals surface area contributed by atoms with Crippen molar-refractivity contribution in [3.05, 3.63) is 124 Å². The Morgan fingerprint density at radius 2 is 1.22 bits per heavy atom. The highest BCUT2D eigenvalue weighted by atomic mass is 19.3. The maximum Gasteiger partial charge on any atom is 0.429 e. The molecule has 1 nitrogen and oxygen atoms in total. The summed E-state index contributed by atoms with van der Waals surface area (Å²) >= 11 is 0. The summed E-state index contributed by atoms with van der Waals surface area (Å²) in [4.78, 5) is 0. The lowest BCUT2D eigenvalue weighted by molar-refractivity contribution is -0.189. The predicted octanol–water partition coefficient (Wildman–Crippen LogP) is 8.41. The van der Waals surface area contributed by atoms with Crippen LogP contribution in [0, 0.1) is 41.8 Å². The standard InChI is InChI=1S/C28H18F8O/c1-15-2-4-16(5-3-15)6-7-17-8-10-20(21(29)12-17)28(35,36)37-24-11-9-19(25(32)27(24)34)18-13-22(30)26(33)23(31)14-18/h2-5,8-14H,6-7H2,1H3. The van der Waals surface area contributed by atoms with Crippen LogP contribution in [0.4, 0.5) is 35.1 Å². The van der Waals surface area contributed by atoms with Crippen molar-refractivity contribution in [2.45, 2.75) is 25.9 Å². The Bertz CT molecular complexity index is 1420. The summed E-state index contributed by atoms with van der Waals surface area (Å²) in [6, 6.07) is 12.8. The molecule has 0 radical (unpaired) electrons. The molecule has 0 atom stereocenters. The maximum atomic E-state index is 14.7. The van der Waals surface area contributed by atoms with Crippen LogP contribution in [0.1, 0.15) is 22.3 Å². The minimum atomic E-state index is -4.39. The van der Waals surface area contributed by atoms with Crippen LogP contribution in [-0.4, -0.2) is 0 Å². The summed E-state index contributed by atoms with van der Waals surface area (Å²) in [7, 11) is 0. The van der Waals surface area contributed by atoms with E-state index in [2.05, 4.69) is 4.74 Å². The van der Waals surface area contributed by atoms with Crippen LogP contribution in [0.3, 0.4) is 0 Å². The van der Waals surface area contributed by atoms with Crippen LogP contribution in [-0.2, 0) is 19.0 Å². The van der Waals surface area contributed by atoms with Crippen LogP contribution in [0.2, 0.25) is 0 Å². The SMILES string of the molecule is Cc1ccc(CCc2ccc(C(F)(F)Oc3ccc(-c4cc(F)c(F)c(F)c4)c(F)c3F)c(F)c2)cc1. The van der Waals surface area contributed by atoms with E-state index >= 15 is 0 Å². The first-order valence-corrected chi connectivity index (χ1v) is 11.0. The molecule has 0 N–H and O–H groups in total. The monoisotopic (exact) mass is 522 g/mol. The Hall–Kier alpha value is -3.88. The van der Waals surface area contributed by atoms with Gasteiger partial charge in [-0.25, -0.2) is 22.0 Å². The van der Waals surface area contributed by atoms with Gasteiger partial charge in [-0.15, -0.1) is 0 Å². The van der Waals surface area contributed by atoms with E-state index in [9.17, 15) is 35.1 Å². The molecule has 0 unspecified atom stereocenters. The lowest BCUT2D eigenvalue weighted by atomic mass is 10.0. The number of rotatable bonds is 7. The average Bonchev–Trinajstić information content (AvgIpc) is 2.84. The minimum absolute atomic E-state index is 0.374. The summed E-state index contributed by atoms with van der Waals surface area (Å²) in [6.45, 7) is 1.93. The molecular weight excluding hydrogens is 504 g/mol. The fourth-order valence-electron chi connectivity index (χ4n) is 3.73. The van der Waals surface area contributed by atoms with Gasteiger partial charge in [-0.1, -0.05) is 35.9 Å². The topological polar surface area (TPSA) is 9.23 Å². The molecule has 0 aliphatic heterocycles. The summed E-state index contributed by atoms with van der Waals surface area (Å²) in [6.07, 6.45) is -3.47. The highest BCUT2D eigenvalue weighted by molar-refractivity contribution is 5.65. The van der Waals surface area contributed by atoms with Gasteiger partial charge in [0.2, 0.25) is 5.82 Å². The van der Waals surface area contributed by atoms with Crippen molar-refractivity contribution in [2.24, 2.45) is 0 Å². The van der Waals surface area contributed by atoms with Gasteiger partial charge in [0, 0.05) is 5.56 Å². The molecule has 37 heavy (non-hydrogen) atoms. The van der Waals surface area contributed by atoms with Crippen molar-refractivity contribution in [1.29, 1.82) is 0 Å². The summed E-state index contributed by atoms with van der Waals surface area (Å²) in [5, 5.41) is 0. The van der Waals surface area contributed by atoms with Crippen LogP contribution in [0.5, 0.6) is 5.75 Å². The number of aryl methyl sites for hydroxylation is 3. The van der Waals surface area contributed by atoms with E-state index in [1.807, 2.05) is 31.2 Å². The van der Waals surface area contributed by atoms with Crippen molar-refractivity contribution < 1.29 is 39.9 Å². The van der Waals surface area contributed by atoms with Crippen LogP contribution in [0.25, 0.3) is 11.1 Å². The van der Waals surface area contributed by atoms with Gasteiger partial charge in [0.25, 0.3) is 0 Å². The van der Waals surface area contributed by atoms with Crippen molar-refractivity contribution in [3.63, 3.8) is 0 Å². The first-order valence-electron chi connectivity index (χ1n) is 11.0. The fourth-order valence-corrected chi connectivity index (χ4v) is 3.73. The smallest absolute Gasteiger partial charge is 0.426 e. The van der Waals surface area contributed by atoms with Crippen molar-refractivity contribution in [1.82, 2.24) is 0 Å². The molecule has 0 aliphatic carbocycles. The molecule has 4 aromatic rings. The highest BCUT2D eigenvalue weighted by Crippen LogP contribution is 2.37. The van der Waals surface area contributed by atoms with Crippen molar-refractivity contribution in [3.8, 4) is 16.9 Å². The molecule has 0 heterocycles. The third kappa shape index (κ3) is 5.60. The molecule has 9 heteroatoms. The highest BCUT2D eigenvalue weighted by Gasteiger charge is 2.39. The van der Waals surface area contributed by atoms with Gasteiger partial charge in [-0.3, -0.25) is 0 Å². The number of halogens is 8.